The molecule has 3 aromatic rings. The van der Waals surface area contributed by atoms with Crippen LogP contribution in [-0.4, -0.2) is 33.1 Å². The summed E-state index contributed by atoms with van der Waals surface area (Å²) < 4.78 is 7.72. The predicted molar refractivity (Wildman–Crippen MR) is 111 cm³/mol. The molecule has 156 valence electrons. The van der Waals surface area contributed by atoms with E-state index in [9.17, 15) is 9.59 Å². The summed E-state index contributed by atoms with van der Waals surface area (Å²) in [5.41, 5.74) is 2.40. The van der Waals surface area contributed by atoms with Crippen LogP contribution in [0.1, 0.15) is 48.3 Å². The van der Waals surface area contributed by atoms with Gasteiger partial charge in [-0.1, -0.05) is 30.3 Å². The molecular formula is C22H25N5O3. The van der Waals surface area contributed by atoms with Crippen molar-refractivity contribution in [3.63, 3.8) is 0 Å². The number of rotatable bonds is 6. The van der Waals surface area contributed by atoms with Crippen molar-refractivity contribution in [2.75, 3.05) is 6.54 Å². The van der Waals surface area contributed by atoms with Gasteiger partial charge in [0.15, 0.2) is 5.76 Å². The second-order valence-electron chi connectivity index (χ2n) is 7.65. The molecule has 2 N–H and O–H groups in total. The SMILES string of the molecule is CC(=O)NC[C@@H]1CCn2ncc(C(=O)N[C@H](C)c3ncc(-c4ccccc4)o3)c2C1. The van der Waals surface area contributed by atoms with E-state index < -0.39 is 0 Å². The number of amides is 2. The molecule has 1 aliphatic heterocycles. The molecule has 0 saturated heterocycles. The standard InChI is InChI=1S/C22H25N5O3/c1-14(22-24-13-20(30-22)17-6-4-3-5-7-17)26-21(29)18-12-25-27-9-8-16(10-19(18)27)11-23-15(2)28/h3-7,12-14,16H,8-11H2,1-2H3,(H,23,28)(H,26,29)/t14-,16-/m1/s1. The van der Waals surface area contributed by atoms with Crippen LogP contribution in [0.5, 0.6) is 0 Å². The smallest absolute Gasteiger partial charge is 0.255 e. The van der Waals surface area contributed by atoms with Crippen molar-refractivity contribution in [2.24, 2.45) is 5.92 Å². The molecule has 8 nitrogen and oxygen atoms in total. The van der Waals surface area contributed by atoms with Crippen LogP contribution in [-0.2, 0) is 17.8 Å². The van der Waals surface area contributed by atoms with Gasteiger partial charge < -0.3 is 15.1 Å². The molecule has 2 atom stereocenters. The fourth-order valence-electron chi connectivity index (χ4n) is 3.71. The first-order chi connectivity index (χ1) is 14.5. The summed E-state index contributed by atoms with van der Waals surface area (Å²) in [6, 6.07) is 9.32. The monoisotopic (exact) mass is 407 g/mol. The van der Waals surface area contributed by atoms with Gasteiger partial charge >= 0.3 is 0 Å². The van der Waals surface area contributed by atoms with Crippen LogP contribution in [0.4, 0.5) is 0 Å². The Balaban J connectivity index is 1.43. The van der Waals surface area contributed by atoms with E-state index in [1.807, 2.05) is 41.9 Å². The molecule has 0 bridgehead atoms. The van der Waals surface area contributed by atoms with E-state index in [0.29, 0.717) is 36.1 Å². The molecule has 0 saturated carbocycles. The van der Waals surface area contributed by atoms with Crippen LogP contribution in [0.2, 0.25) is 0 Å². The number of hydrogen-bond donors (Lipinski definition) is 2. The number of nitrogens with zero attached hydrogens (tertiary/aromatic N) is 3. The maximum Gasteiger partial charge on any atom is 0.255 e. The van der Waals surface area contributed by atoms with Crippen molar-refractivity contribution in [3.05, 3.63) is 59.9 Å². The van der Waals surface area contributed by atoms with Crippen molar-refractivity contribution in [1.82, 2.24) is 25.4 Å². The Bertz CT molecular complexity index is 1040. The maximum absolute atomic E-state index is 12.9. The Hall–Kier alpha value is -3.42. The molecule has 0 fully saturated rings. The van der Waals surface area contributed by atoms with Gasteiger partial charge in [-0.15, -0.1) is 0 Å². The summed E-state index contributed by atoms with van der Waals surface area (Å²) in [6.07, 6.45) is 4.91. The lowest BCUT2D eigenvalue weighted by Gasteiger charge is -2.24. The molecule has 0 unspecified atom stereocenters. The second-order valence-corrected chi connectivity index (χ2v) is 7.65. The summed E-state index contributed by atoms with van der Waals surface area (Å²) >= 11 is 0. The Kier molecular flexibility index (Phi) is 5.65. The summed E-state index contributed by atoms with van der Waals surface area (Å²) in [4.78, 5) is 28.4. The van der Waals surface area contributed by atoms with E-state index in [1.54, 1.807) is 12.4 Å². The summed E-state index contributed by atoms with van der Waals surface area (Å²) in [7, 11) is 0. The molecule has 2 amide bonds. The zero-order chi connectivity index (χ0) is 21.1. The normalized spacial score (nSPS) is 16.5. The first-order valence-electron chi connectivity index (χ1n) is 10.1. The van der Waals surface area contributed by atoms with Crippen molar-refractivity contribution in [2.45, 2.75) is 39.3 Å². The minimum atomic E-state index is -0.385. The van der Waals surface area contributed by atoms with E-state index in [-0.39, 0.29) is 17.9 Å². The van der Waals surface area contributed by atoms with Crippen molar-refractivity contribution < 1.29 is 14.0 Å². The number of carbonyl (C=O) groups is 2. The molecule has 0 aliphatic carbocycles. The van der Waals surface area contributed by atoms with Crippen LogP contribution < -0.4 is 10.6 Å². The summed E-state index contributed by atoms with van der Waals surface area (Å²) in [6.45, 7) is 4.70. The van der Waals surface area contributed by atoms with Gasteiger partial charge in [-0.25, -0.2) is 4.98 Å². The number of hydrogen-bond acceptors (Lipinski definition) is 5. The van der Waals surface area contributed by atoms with Crippen LogP contribution in [0.25, 0.3) is 11.3 Å². The first kappa shape index (κ1) is 19.9. The highest BCUT2D eigenvalue weighted by atomic mass is 16.4. The highest BCUT2D eigenvalue weighted by Crippen LogP contribution is 2.25. The largest absolute Gasteiger partial charge is 0.438 e. The van der Waals surface area contributed by atoms with Crippen LogP contribution >= 0.6 is 0 Å². The first-order valence-corrected chi connectivity index (χ1v) is 10.1. The summed E-state index contributed by atoms with van der Waals surface area (Å²) in [5.74, 6) is 1.16. The molecule has 0 radical (unpaired) electrons. The van der Waals surface area contributed by atoms with Gasteiger partial charge in [-0.3, -0.25) is 14.3 Å². The maximum atomic E-state index is 12.9. The minimum absolute atomic E-state index is 0.0401. The van der Waals surface area contributed by atoms with Crippen LogP contribution in [0.15, 0.2) is 47.1 Å². The highest BCUT2D eigenvalue weighted by Gasteiger charge is 2.26. The Morgan fingerprint density at radius 2 is 2.07 bits per heavy atom. The minimum Gasteiger partial charge on any atom is -0.438 e. The number of carbonyl (C=O) groups excluding carboxylic acids is 2. The lowest BCUT2D eigenvalue weighted by Crippen LogP contribution is -2.33. The number of fused-ring (bicyclic) bond motifs is 1. The van der Waals surface area contributed by atoms with E-state index >= 15 is 0 Å². The van der Waals surface area contributed by atoms with Crippen molar-refractivity contribution in [3.8, 4) is 11.3 Å². The van der Waals surface area contributed by atoms with Crippen molar-refractivity contribution in [1.29, 1.82) is 0 Å². The van der Waals surface area contributed by atoms with Gasteiger partial charge in [0.2, 0.25) is 11.8 Å². The number of aromatic nitrogens is 3. The average molecular weight is 407 g/mol. The number of oxazole rings is 1. The molecule has 0 spiro atoms. The Labute approximate surface area is 174 Å². The van der Waals surface area contributed by atoms with E-state index in [0.717, 1.165) is 24.2 Å². The molecule has 4 rings (SSSR count). The topological polar surface area (TPSA) is 102 Å². The number of benzene rings is 1. The third-order valence-electron chi connectivity index (χ3n) is 5.36. The van der Waals surface area contributed by atoms with Crippen molar-refractivity contribution >= 4 is 11.8 Å². The molecule has 30 heavy (non-hydrogen) atoms. The van der Waals surface area contributed by atoms with Gasteiger partial charge in [-0.2, -0.15) is 5.10 Å². The van der Waals surface area contributed by atoms with E-state index in [1.165, 1.54) is 6.92 Å². The Morgan fingerprint density at radius 1 is 1.27 bits per heavy atom. The fourth-order valence-corrected chi connectivity index (χ4v) is 3.71. The molecular weight excluding hydrogens is 382 g/mol. The lowest BCUT2D eigenvalue weighted by molar-refractivity contribution is -0.119. The van der Waals surface area contributed by atoms with Gasteiger partial charge in [0.25, 0.3) is 5.91 Å². The molecule has 3 heterocycles. The predicted octanol–water partition coefficient (Wildman–Crippen LogP) is 2.73. The summed E-state index contributed by atoms with van der Waals surface area (Å²) in [5, 5.41) is 10.2. The molecule has 2 aromatic heterocycles. The number of nitrogens with one attached hydrogen (secondary N) is 2. The van der Waals surface area contributed by atoms with Crippen LogP contribution in [0, 0.1) is 5.92 Å². The number of aryl methyl sites for hydroxylation is 1. The van der Waals surface area contributed by atoms with Gasteiger partial charge in [0.1, 0.15) is 6.04 Å². The third-order valence-corrected chi connectivity index (χ3v) is 5.36. The van der Waals surface area contributed by atoms with E-state index in [4.69, 9.17) is 4.42 Å². The Morgan fingerprint density at radius 3 is 2.83 bits per heavy atom. The zero-order valence-corrected chi connectivity index (χ0v) is 17.1. The lowest BCUT2D eigenvalue weighted by atomic mass is 9.94. The average Bonchev–Trinajstić information content (AvgIpc) is 3.40. The molecule has 1 aromatic carbocycles. The van der Waals surface area contributed by atoms with Gasteiger partial charge in [0, 0.05) is 25.6 Å². The zero-order valence-electron chi connectivity index (χ0n) is 17.1. The van der Waals surface area contributed by atoms with Gasteiger partial charge in [0.05, 0.1) is 23.7 Å². The fraction of sp³-hybridized carbons (Fsp3) is 0.364. The molecule has 1 aliphatic rings. The second kappa shape index (κ2) is 8.52. The highest BCUT2D eigenvalue weighted by molar-refractivity contribution is 5.95. The van der Waals surface area contributed by atoms with Gasteiger partial charge in [-0.05, 0) is 25.7 Å². The van der Waals surface area contributed by atoms with E-state index in [2.05, 4.69) is 20.7 Å². The quantitative estimate of drug-likeness (QED) is 0.654. The van der Waals surface area contributed by atoms with Crippen LogP contribution in [0.3, 0.4) is 0 Å². The molecule has 8 heteroatoms. The third kappa shape index (κ3) is 4.27.